The van der Waals surface area contributed by atoms with E-state index in [9.17, 15) is 4.79 Å². The Balaban J connectivity index is 2.10. The number of carbonyl (C=O) groups is 1. The van der Waals surface area contributed by atoms with Crippen LogP contribution < -0.4 is 0 Å². The van der Waals surface area contributed by atoms with Crippen molar-refractivity contribution in [1.29, 1.82) is 0 Å². The molecule has 92 valence electrons. The minimum absolute atomic E-state index is 0.193. The molecule has 1 atom stereocenters. The second kappa shape index (κ2) is 5.40. The highest BCUT2D eigenvalue weighted by Crippen LogP contribution is 2.27. The second-order valence-electron chi connectivity index (χ2n) is 4.47. The minimum Gasteiger partial charge on any atom is -0.340 e. The van der Waals surface area contributed by atoms with E-state index in [1.54, 1.807) is 0 Å². The molecule has 1 aromatic rings. The van der Waals surface area contributed by atoms with Crippen molar-refractivity contribution in [2.24, 2.45) is 0 Å². The molecule has 2 nitrogen and oxygen atoms in total. The third kappa shape index (κ3) is 2.83. The van der Waals surface area contributed by atoms with Crippen LogP contribution in [0, 0.1) is 0 Å². The zero-order chi connectivity index (χ0) is 12.4. The van der Waals surface area contributed by atoms with E-state index in [0.717, 1.165) is 29.4 Å². The number of hydrogen-bond donors (Lipinski definition) is 0. The molecule has 1 heterocycles. The topological polar surface area (TPSA) is 20.3 Å². The van der Waals surface area contributed by atoms with Gasteiger partial charge < -0.3 is 4.90 Å². The number of benzene rings is 1. The maximum atomic E-state index is 12.2. The molecule has 0 N–H and O–H groups in total. The molecule has 0 saturated carbocycles. The predicted octanol–water partition coefficient (Wildman–Crippen LogP) is 3.66. The number of likely N-dealkylation sites (tertiary alicyclic amines) is 1. The Hall–Kier alpha value is -0.540. The Morgan fingerprint density at radius 1 is 1.59 bits per heavy atom. The number of carbonyl (C=O) groups excluding carboxylic acids is 1. The van der Waals surface area contributed by atoms with Crippen molar-refractivity contribution in [1.82, 2.24) is 4.90 Å². The summed E-state index contributed by atoms with van der Waals surface area (Å²) in [6.45, 7) is 3.00. The van der Waals surface area contributed by atoms with Gasteiger partial charge in [0.15, 0.2) is 0 Å². The van der Waals surface area contributed by atoms with E-state index in [0.29, 0.717) is 17.5 Å². The first kappa shape index (κ1) is 12.9. The summed E-state index contributed by atoms with van der Waals surface area (Å²) in [6, 6.07) is 6.01. The summed E-state index contributed by atoms with van der Waals surface area (Å²) in [5.74, 6) is 0.193. The molecule has 1 saturated heterocycles. The number of halogens is 2. The fourth-order valence-electron chi connectivity index (χ4n) is 2.25. The Morgan fingerprint density at radius 3 is 3.00 bits per heavy atom. The molecule has 0 unspecified atom stereocenters. The SMILES string of the molecule is C[C@@H]1CCCN1C(=O)Cc1cccc(Cl)c1Br. The van der Waals surface area contributed by atoms with E-state index < -0.39 is 0 Å². The largest absolute Gasteiger partial charge is 0.340 e. The van der Waals surface area contributed by atoms with Gasteiger partial charge in [0, 0.05) is 17.1 Å². The maximum absolute atomic E-state index is 12.2. The molecule has 1 amide bonds. The molecular formula is C13H15BrClNO. The highest BCUT2D eigenvalue weighted by Gasteiger charge is 2.25. The molecule has 1 aliphatic heterocycles. The third-order valence-electron chi connectivity index (χ3n) is 3.25. The van der Waals surface area contributed by atoms with Gasteiger partial charge in [-0.2, -0.15) is 0 Å². The molecule has 1 aliphatic rings. The van der Waals surface area contributed by atoms with Crippen LogP contribution in [0.2, 0.25) is 5.02 Å². The lowest BCUT2D eigenvalue weighted by Crippen LogP contribution is -2.34. The van der Waals surface area contributed by atoms with Crippen LogP contribution in [-0.4, -0.2) is 23.4 Å². The van der Waals surface area contributed by atoms with Gasteiger partial charge in [-0.25, -0.2) is 0 Å². The summed E-state index contributed by atoms with van der Waals surface area (Å²) in [5, 5.41) is 0.657. The van der Waals surface area contributed by atoms with Gasteiger partial charge in [-0.05, 0) is 47.3 Å². The van der Waals surface area contributed by atoms with Gasteiger partial charge >= 0.3 is 0 Å². The molecule has 0 spiro atoms. The third-order valence-corrected chi connectivity index (χ3v) is 4.73. The zero-order valence-corrected chi connectivity index (χ0v) is 12.1. The number of amides is 1. The minimum atomic E-state index is 0.193. The molecule has 0 radical (unpaired) electrons. The van der Waals surface area contributed by atoms with Gasteiger partial charge in [0.05, 0.1) is 11.4 Å². The molecule has 4 heteroatoms. The van der Waals surface area contributed by atoms with Crippen LogP contribution in [-0.2, 0) is 11.2 Å². The van der Waals surface area contributed by atoms with Crippen molar-refractivity contribution in [3.05, 3.63) is 33.3 Å². The van der Waals surface area contributed by atoms with Crippen LogP contribution in [0.4, 0.5) is 0 Å². The molecule has 0 aromatic heterocycles. The van der Waals surface area contributed by atoms with E-state index in [4.69, 9.17) is 11.6 Å². The lowest BCUT2D eigenvalue weighted by Gasteiger charge is -2.21. The van der Waals surface area contributed by atoms with Gasteiger partial charge in [0.2, 0.25) is 5.91 Å². The highest BCUT2D eigenvalue weighted by molar-refractivity contribution is 9.10. The van der Waals surface area contributed by atoms with Crippen LogP contribution in [0.3, 0.4) is 0 Å². The van der Waals surface area contributed by atoms with E-state index in [1.165, 1.54) is 0 Å². The van der Waals surface area contributed by atoms with E-state index in [2.05, 4.69) is 22.9 Å². The van der Waals surface area contributed by atoms with Gasteiger partial charge in [-0.15, -0.1) is 0 Å². The molecule has 17 heavy (non-hydrogen) atoms. The smallest absolute Gasteiger partial charge is 0.227 e. The summed E-state index contributed by atoms with van der Waals surface area (Å²) >= 11 is 9.44. The van der Waals surface area contributed by atoms with Crippen LogP contribution >= 0.6 is 27.5 Å². The zero-order valence-electron chi connectivity index (χ0n) is 9.75. The maximum Gasteiger partial charge on any atom is 0.227 e. The monoisotopic (exact) mass is 315 g/mol. The van der Waals surface area contributed by atoms with Crippen LogP contribution in [0.5, 0.6) is 0 Å². The summed E-state index contributed by atoms with van der Waals surface area (Å²) in [4.78, 5) is 14.1. The summed E-state index contributed by atoms with van der Waals surface area (Å²) in [7, 11) is 0. The molecule has 1 fully saturated rings. The van der Waals surface area contributed by atoms with Crippen LogP contribution in [0.15, 0.2) is 22.7 Å². The lowest BCUT2D eigenvalue weighted by atomic mass is 10.1. The van der Waals surface area contributed by atoms with E-state index in [1.807, 2.05) is 23.1 Å². The summed E-state index contributed by atoms with van der Waals surface area (Å²) in [6.07, 6.45) is 2.65. The average Bonchev–Trinajstić information content (AvgIpc) is 2.71. The van der Waals surface area contributed by atoms with E-state index >= 15 is 0 Å². The Morgan fingerprint density at radius 2 is 2.35 bits per heavy atom. The lowest BCUT2D eigenvalue weighted by molar-refractivity contribution is -0.130. The number of rotatable bonds is 2. The Kier molecular flexibility index (Phi) is 4.10. The van der Waals surface area contributed by atoms with Crippen molar-refractivity contribution in [2.75, 3.05) is 6.54 Å². The summed E-state index contributed by atoms with van der Waals surface area (Å²) in [5.41, 5.74) is 0.960. The first-order valence-electron chi connectivity index (χ1n) is 5.82. The van der Waals surface area contributed by atoms with Gasteiger partial charge in [0.1, 0.15) is 0 Å². The standard InChI is InChI=1S/C13H15BrClNO/c1-9-4-3-7-16(9)12(17)8-10-5-2-6-11(15)13(10)14/h2,5-6,9H,3-4,7-8H2,1H3/t9-/m1/s1. The normalized spacial score (nSPS) is 19.7. The molecule has 1 aromatic carbocycles. The first-order valence-corrected chi connectivity index (χ1v) is 6.99. The van der Waals surface area contributed by atoms with Crippen LogP contribution in [0.1, 0.15) is 25.3 Å². The summed E-state index contributed by atoms with van der Waals surface area (Å²) < 4.78 is 0.835. The van der Waals surface area contributed by atoms with Crippen molar-refractivity contribution < 1.29 is 4.79 Å². The molecular weight excluding hydrogens is 302 g/mol. The second-order valence-corrected chi connectivity index (χ2v) is 5.67. The van der Waals surface area contributed by atoms with Crippen molar-refractivity contribution in [3.63, 3.8) is 0 Å². The molecule has 0 bridgehead atoms. The van der Waals surface area contributed by atoms with Crippen molar-refractivity contribution in [2.45, 2.75) is 32.2 Å². The van der Waals surface area contributed by atoms with Crippen molar-refractivity contribution in [3.8, 4) is 0 Å². The van der Waals surface area contributed by atoms with Gasteiger partial charge in [-0.1, -0.05) is 23.7 Å². The van der Waals surface area contributed by atoms with Crippen LogP contribution in [0.25, 0.3) is 0 Å². The van der Waals surface area contributed by atoms with E-state index in [-0.39, 0.29) is 5.91 Å². The quantitative estimate of drug-likeness (QED) is 0.815. The highest BCUT2D eigenvalue weighted by atomic mass is 79.9. The average molecular weight is 317 g/mol. The van der Waals surface area contributed by atoms with Gasteiger partial charge in [-0.3, -0.25) is 4.79 Å². The number of nitrogens with zero attached hydrogens (tertiary/aromatic N) is 1. The fraction of sp³-hybridized carbons (Fsp3) is 0.462. The number of hydrogen-bond acceptors (Lipinski definition) is 1. The Bertz CT molecular complexity index is 435. The molecule has 2 rings (SSSR count). The first-order chi connectivity index (χ1) is 8.09. The predicted molar refractivity (Wildman–Crippen MR) is 73.3 cm³/mol. The van der Waals surface area contributed by atoms with Gasteiger partial charge in [0.25, 0.3) is 0 Å². The van der Waals surface area contributed by atoms with Crippen molar-refractivity contribution >= 4 is 33.4 Å². The molecule has 0 aliphatic carbocycles. The Labute approximate surface area is 115 Å². The fourth-order valence-corrected chi connectivity index (χ4v) is 2.85.